The van der Waals surface area contributed by atoms with Gasteiger partial charge in [-0.2, -0.15) is 0 Å². The van der Waals surface area contributed by atoms with Gasteiger partial charge in [-0.1, -0.05) is 115 Å². The molecule has 6 rings (SSSR count). The Bertz CT molecular complexity index is 1530. The first-order valence-corrected chi connectivity index (χ1v) is 11.3. The summed E-state index contributed by atoms with van der Waals surface area (Å²) in [6.45, 7) is 0. The summed E-state index contributed by atoms with van der Waals surface area (Å²) < 4.78 is 2.37. The second-order valence-electron chi connectivity index (χ2n) is 8.29. The highest BCUT2D eigenvalue weighted by atomic mass is 15.0. The fraction of sp³-hybridized carbons (Fsp3) is 0. The highest BCUT2D eigenvalue weighted by molar-refractivity contribution is 6.09. The fourth-order valence-corrected chi connectivity index (χ4v) is 4.57. The first-order chi connectivity index (χ1) is 16.4. The Morgan fingerprint density at radius 3 is 1.67 bits per heavy atom. The van der Waals surface area contributed by atoms with Gasteiger partial charge in [-0.05, 0) is 46.5 Å². The summed E-state index contributed by atoms with van der Waals surface area (Å²) in [4.78, 5) is 0. The smallest absolute Gasteiger partial charge is 0.0541 e. The third-order valence-electron chi connectivity index (χ3n) is 6.20. The lowest BCUT2D eigenvalue weighted by Gasteiger charge is -2.10. The Morgan fingerprint density at radius 1 is 0.424 bits per heavy atom. The predicted octanol–water partition coefficient (Wildman–Crippen LogP) is 8.62. The third-order valence-corrected chi connectivity index (χ3v) is 6.20. The van der Waals surface area contributed by atoms with E-state index in [2.05, 4.69) is 138 Å². The van der Waals surface area contributed by atoms with Gasteiger partial charge >= 0.3 is 0 Å². The lowest BCUT2D eigenvalue weighted by Crippen LogP contribution is -1.94. The molecule has 1 heterocycles. The van der Waals surface area contributed by atoms with E-state index in [0.717, 1.165) is 0 Å². The quantitative estimate of drug-likeness (QED) is 0.251. The topological polar surface area (TPSA) is 4.93 Å². The van der Waals surface area contributed by atoms with E-state index in [-0.39, 0.29) is 0 Å². The van der Waals surface area contributed by atoms with Gasteiger partial charge in [0.1, 0.15) is 0 Å². The van der Waals surface area contributed by atoms with Gasteiger partial charge in [-0.25, -0.2) is 0 Å². The molecule has 0 aliphatic heterocycles. The molecule has 0 bridgehead atoms. The van der Waals surface area contributed by atoms with Crippen LogP contribution in [-0.4, -0.2) is 4.57 Å². The normalized spacial score (nSPS) is 11.5. The zero-order chi connectivity index (χ0) is 22.0. The molecule has 1 heteroatoms. The zero-order valence-electron chi connectivity index (χ0n) is 18.2. The number of hydrogen-bond acceptors (Lipinski definition) is 0. The zero-order valence-corrected chi connectivity index (χ0v) is 18.2. The number of benzene rings is 5. The first kappa shape index (κ1) is 19.3. The molecule has 0 aliphatic carbocycles. The number of hydrogen-bond donors (Lipinski definition) is 0. The minimum atomic E-state index is 1.18. The average molecular weight is 422 g/mol. The van der Waals surface area contributed by atoms with Gasteiger partial charge in [0, 0.05) is 16.5 Å². The van der Waals surface area contributed by atoms with Crippen molar-refractivity contribution in [1.82, 2.24) is 4.57 Å². The molecule has 1 nitrogen and oxygen atoms in total. The molecule has 6 aromatic rings. The van der Waals surface area contributed by atoms with Gasteiger partial charge in [0.15, 0.2) is 0 Å². The summed E-state index contributed by atoms with van der Waals surface area (Å²) in [6.07, 6.45) is 4.31. The van der Waals surface area contributed by atoms with Crippen LogP contribution in [0, 0.1) is 0 Å². The Kier molecular flexibility index (Phi) is 4.86. The maximum atomic E-state index is 2.37. The molecule has 0 atom stereocenters. The van der Waals surface area contributed by atoms with Gasteiger partial charge in [0.2, 0.25) is 0 Å². The summed E-state index contributed by atoms with van der Waals surface area (Å²) in [5, 5.41) is 2.57. The summed E-state index contributed by atoms with van der Waals surface area (Å²) >= 11 is 0. The lowest BCUT2D eigenvalue weighted by atomic mass is 10.0. The van der Waals surface area contributed by atoms with E-state index >= 15 is 0 Å². The minimum absolute atomic E-state index is 1.18. The Labute approximate surface area is 193 Å². The van der Waals surface area contributed by atoms with Gasteiger partial charge in [-0.3, -0.25) is 0 Å². The van der Waals surface area contributed by atoms with Crippen molar-refractivity contribution in [3.05, 3.63) is 139 Å². The van der Waals surface area contributed by atoms with Crippen LogP contribution in [-0.2, 0) is 0 Å². The molecule has 0 aliphatic rings. The van der Waals surface area contributed by atoms with E-state index in [1.54, 1.807) is 0 Å². The van der Waals surface area contributed by atoms with Crippen LogP contribution in [0.1, 0.15) is 11.1 Å². The monoisotopic (exact) mass is 421 g/mol. The second kappa shape index (κ2) is 8.29. The number of nitrogens with zero attached hydrogens (tertiary/aromatic N) is 1. The van der Waals surface area contributed by atoms with E-state index in [4.69, 9.17) is 0 Å². The number of fused-ring (bicyclic) bond motifs is 3. The van der Waals surface area contributed by atoms with E-state index < -0.39 is 0 Å². The van der Waals surface area contributed by atoms with E-state index in [1.165, 1.54) is 49.7 Å². The van der Waals surface area contributed by atoms with Crippen molar-refractivity contribution in [1.29, 1.82) is 0 Å². The Morgan fingerprint density at radius 2 is 1.00 bits per heavy atom. The molecule has 1 aromatic heterocycles. The number of para-hydroxylation sites is 2. The molecule has 0 saturated heterocycles. The second-order valence-corrected chi connectivity index (χ2v) is 8.29. The van der Waals surface area contributed by atoms with E-state index in [1.807, 2.05) is 6.07 Å². The molecule has 0 fully saturated rings. The fourth-order valence-electron chi connectivity index (χ4n) is 4.57. The standard InChI is InChI=1S/C32H23N/c1-2-9-24(10-3-1)17-18-25-19-21-26(22-20-25)27-11-8-12-28(23-27)33-31-15-6-4-13-29(31)30-14-5-7-16-32(30)33/h1-23H. The van der Waals surface area contributed by atoms with Crippen molar-refractivity contribution in [2.75, 3.05) is 0 Å². The average Bonchev–Trinajstić information content (AvgIpc) is 3.23. The molecule has 0 radical (unpaired) electrons. The van der Waals surface area contributed by atoms with Crippen molar-refractivity contribution in [2.45, 2.75) is 0 Å². The molecule has 33 heavy (non-hydrogen) atoms. The number of rotatable bonds is 4. The molecule has 0 spiro atoms. The molecule has 0 amide bonds. The van der Waals surface area contributed by atoms with Crippen molar-refractivity contribution in [2.24, 2.45) is 0 Å². The lowest BCUT2D eigenvalue weighted by molar-refractivity contribution is 1.18. The van der Waals surface area contributed by atoms with Crippen LogP contribution in [0.15, 0.2) is 127 Å². The number of aromatic nitrogens is 1. The molecule has 5 aromatic carbocycles. The van der Waals surface area contributed by atoms with Crippen LogP contribution in [0.25, 0.3) is 50.8 Å². The predicted molar refractivity (Wildman–Crippen MR) is 142 cm³/mol. The van der Waals surface area contributed by atoms with Gasteiger partial charge in [0.25, 0.3) is 0 Å². The van der Waals surface area contributed by atoms with Crippen molar-refractivity contribution in [3.63, 3.8) is 0 Å². The van der Waals surface area contributed by atoms with Gasteiger partial charge in [0.05, 0.1) is 11.0 Å². The summed E-state index contributed by atoms with van der Waals surface area (Å²) in [6, 6.07) is 45.3. The molecular weight excluding hydrogens is 398 g/mol. The van der Waals surface area contributed by atoms with Crippen molar-refractivity contribution in [3.8, 4) is 16.8 Å². The van der Waals surface area contributed by atoms with E-state index in [0.29, 0.717) is 0 Å². The Hall–Kier alpha value is -4.36. The molecular formula is C32H23N. The maximum Gasteiger partial charge on any atom is 0.0541 e. The van der Waals surface area contributed by atoms with Crippen LogP contribution in [0.5, 0.6) is 0 Å². The van der Waals surface area contributed by atoms with Crippen molar-refractivity contribution >= 4 is 34.0 Å². The highest BCUT2D eigenvalue weighted by Gasteiger charge is 2.11. The van der Waals surface area contributed by atoms with Crippen LogP contribution >= 0.6 is 0 Å². The Balaban J connectivity index is 1.38. The van der Waals surface area contributed by atoms with Crippen molar-refractivity contribution < 1.29 is 0 Å². The summed E-state index contributed by atoms with van der Waals surface area (Å²) in [5.41, 5.74) is 8.48. The van der Waals surface area contributed by atoms with E-state index in [9.17, 15) is 0 Å². The van der Waals surface area contributed by atoms with Crippen LogP contribution in [0.4, 0.5) is 0 Å². The van der Waals surface area contributed by atoms with Gasteiger partial charge in [-0.15, -0.1) is 0 Å². The van der Waals surface area contributed by atoms with Gasteiger partial charge < -0.3 is 4.57 Å². The first-order valence-electron chi connectivity index (χ1n) is 11.3. The molecule has 156 valence electrons. The summed E-state index contributed by atoms with van der Waals surface area (Å²) in [5.74, 6) is 0. The third kappa shape index (κ3) is 3.64. The SMILES string of the molecule is C(=Cc1ccc(-c2cccc(-n3c4ccccc4c4ccccc43)c2)cc1)c1ccccc1. The molecule has 0 N–H and O–H groups in total. The van der Waals surface area contributed by atoms with Crippen LogP contribution in [0.3, 0.4) is 0 Å². The maximum absolute atomic E-state index is 2.37. The largest absolute Gasteiger partial charge is 0.309 e. The highest BCUT2D eigenvalue weighted by Crippen LogP contribution is 2.33. The molecule has 0 saturated carbocycles. The summed E-state index contributed by atoms with van der Waals surface area (Å²) in [7, 11) is 0. The van der Waals surface area contributed by atoms with Crippen LogP contribution < -0.4 is 0 Å². The molecule has 0 unspecified atom stereocenters. The minimum Gasteiger partial charge on any atom is -0.309 e. The van der Waals surface area contributed by atoms with Crippen LogP contribution in [0.2, 0.25) is 0 Å².